The molecule has 0 rings (SSSR count). The van der Waals surface area contributed by atoms with Gasteiger partial charge in [0, 0.05) is 24.2 Å². The van der Waals surface area contributed by atoms with Crippen LogP contribution in [0.2, 0.25) is 18.1 Å². The molecule has 0 amide bonds. The van der Waals surface area contributed by atoms with Gasteiger partial charge >= 0.3 is 0 Å². The van der Waals surface area contributed by atoms with Gasteiger partial charge in [-0.1, -0.05) is 51.9 Å². The first-order valence-corrected chi connectivity index (χ1v) is 14.2. The Morgan fingerprint density at radius 3 is 1.33 bits per heavy atom. The number of unbranched alkanes of at least 4 members (excludes halogenated alkanes) is 7. The highest BCUT2D eigenvalue weighted by atomic mass is 35.5. The molecule has 0 fully saturated rings. The van der Waals surface area contributed by atoms with Crippen molar-refractivity contribution < 1.29 is 4.43 Å². The van der Waals surface area contributed by atoms with E-state index in [2.05, 4.69) is 6.92 Å². The number of hydrogen-bond donors (Lipinski definition) is 0. The van der Waals surface area contributed by atoms with Gasteiger partial charge in [0.15, 0.2) is 8.32 Å². The van der Waals surface area contributed by atoms with Gasteiger partial charge in [-0.25, -0.2) is 0 Å². The monoisotopic (exact) mass is 416 g/mol. The fourth-order valence-corrected chi connectivity index (χ4v) is 8.19. The van der Waals surface area contributed by atoms with E-state index < -0.39 is 8.32 Å². The van der Waals surface area contributed by atoms with Gasteiger partial charge in [0.25, 0.3) is 0 Å². The Kier molecular flexibility index (Phi) is 19.6. The van der Waals surface area contributed by atoms with Gasteiger partial charge in [0.05, 0.1) is 0 Å². The second-order valence-corrected chi connectivity index (χ2v) is 12.2. The van der Waals surface area contributed by atoms with Crippen molar-refractivity contribution in [2.24, 2.45) is 0 Å². The molecule has 0 heterocycles. The van der Waals surface area contributed by atoms with E-state index in [-0.39, 0.29) is 0 Å². The first-order chi connectivity index (χ1) is 11.7. The molecule has 0 aliphatic heterocycles. The van der Waals surface area contributed by atoms with E-state index in [1.807, 2.05) is 0 Å². The second kappa shape index (κ2) is 18.8. The molecule has 1 nitrogen and oxygen atoms in total. The number of alkyl halides is 3. The van der Waals surface area contributed by atoms with Crippen molar-refractivity contribution >= 4 is 43.1 Å². The van der Waals surface area contributed by atoms with Crippen molar-refractivity contribution in [3.8, 4) is 0 Å². The maximum atomic E-state index is 6.65. The van der Waals surface area contributed by atoms with E-state index in [0.717, 1.165) is 43.5 Å². The molecule has 0 N–H and O–H groups in total. The Morgan fingerprint density at radius 2 is 1.00 bits per heavy atom. The van der Waals surface area contributed by atoms with Gasteiger partial charge in [-0.2, -0.15) is 0 Å². The van der Waals surface area contributed by atoms with Crippen molar-refractivity contribution in [1.29, 1.82) is 0 Å². The van der Waals surface area contributed by atoms with Gasteiger partial charge < -0.3 is 4.43 Å². The summed E-state index contributed by atoms with van der Waals surface area (Å²) in [7, 11) is -1.61. The average molecular weight is 418 g/mol. The van der Waals surface area contributed by atoms with Crippen LogP contribution in [-0.4, -0.2) is 32.6 Å². The van der Waals surface area contributed by atoms with Crippen LogP contribution in [0.1, 0.15) is 77.6 Å². The fourth-order valence-electron chi connectivity index (χ4n) is 3.18. The van der Waals surface area contributed by atoms with E-state index in [4.69, 9.17) is 39.2 Å². The lowest BCUT2D eigenvalue weighted by molar-refractivity contribution is 0.285. The van der Waals surface area contributed by atoms with Gasteiger partial charge in [-0.05, 0) is 43.8 Å². The fraction of sp³-hybridized carbons (Fsp3) is 1.00. The van der Waals surface area contributed by atoms with E-state index in [0.29, 0.717) is 0 Å². The Labute approximate surface area is 167 Å². The van der Waals surface area contributed by atoms with Crippen molar-refractivity contribution in [3.05, 3.63) is 0 Å². The minimum Gasteiger partial charge on any atom is -0.417 e. The molecule has 0 aliphatic carbocycles. The molecule has 5 heteroatoms. The molecule has 0 saturated carbocycles. The highest BCUT2D eigenvalue weighted by Gasteiger charge is 2.33. The predicted molar refractivity (Wildman–Crippen MR) is 115 cm³/mol. The third-order valence-corrected chi connectivity index (χ3v) is 10.1. The minimum absolute atomic E-state index is 0.788. The summed E-state index contributed by atoms with van der Waals surface area (Å²) >= 11 is 17.5. The molecule has 146 valence electrons. The normalized spacial score (nSPS) is 12.0. The van der Waals surface area contributed by atoms with Gasteiger partial charge in [0.1, 0.15) is 0 Å². The van der Waals surface area contributed by atoms with E-state index in [1.165, 1.54) is 69.5 Å². The Morgan fingerprint density at radius 1 is 0.583 bits per heavy atom. The summed E-state index contributed by atoms with van der Waals surface area (Å²) in [6.07, 6.45) is 13.4. The van der Waals surface area contributed by atoms with Gasteiger partial charge in [0.2, 0.25) is 0 Å². The second-order valence-electron chi connectivity index (χ2n) is 6.88. The third-order valence-electron chi connectivity index (χ3n) is 4.70. The van der Waals surface area contributed by atoms with Crippen molar-refractivity contribution in [2.75, 3.05) is 24.2 Å². The number of hydrogen-bond acceptors (Lipinski definition) is 1. The first kappa shape index (κ1) is 25.0. The lowest BCUT2D eigenvalue weighted by Crippen LogP contribution is -2.38. The van der Waals surface area contributed by atoms with Crippen LogP contribution in [-0.2, 0) is 4.43 Å². The van der Waals surface area contributed by atoms with Crippen LogP contribution in [0.5, 0.6) is 0 Å². The van der Waals surface area contributed by atoms with Crippen LogP contribution in [0, 0.1) is 0 Å². The van der Waals surface area contributed by atoms with E-state index in [1.54, 1.807) is 0 Å². The maximum absolute atomic E-state index is 6.65. The summed E-state index contributed by atoms with van der Waals surface area (Å²) < 4.78 is 6.65. The molecular formula is C19H39Cl3OSi. The molecule has 0 radical (unpaired) electrons. The van der Waals surface area contributed by atoms with E-state index >= 15 is 0 Å². The third kappa shape index (κ3) is 14.2. The summed E-state index contributed by atoms with van der Waals surface area (Å²) in [6.45, 7) is 3.21. The zero-order valence-corrected chi connectivity index (χ0v) is 19.0. The Hall–Kier alpha value is 1.05. The zero-order chi connectivity index (χ0) is 17.9. The lowest BCUT2D eigenvalue weighted by atomic mass is 10.3. The summed E-state index contributed by atoms with van der Waals surface area (Å²) in [5, 5.41) is 0. The van der Waals surface area contributed by atoms with Crippen LogP contribution >= 0.6 is 34.8 Å². The molecule has 0 aromatic heterocycles. The van der Waals surface area contributed by atoms with Crippen LogP contribution < -0.4 is 0 Å². The quantitative estimate of drug-likeness (QED) is 0.117. The molecular weight excluding hydrogens is 379 g/mol. The molecule has 0 spiro atoms. The predicted octanol–water partition coefficient (Wildman–Crippen LogP) is 7.98. The summed E-state index contributed by atoms with van der Waals surface area (Å²) in [4.78, 5) is 0. The number of halogens is 3. The van der Waals surface area contributed by atoms with Crippen LogP contribution in [0.3, 0.4) is 0 Å². The van der Waals surface area contributed by atoms with Crippen molar-refractivity contribution in [1.82, 2.24) is 0 Å². The van der Waals surface area contributed by atoms with Crippen LogP contribution in [0.15, 0.2) is 0 Å². The minimum atomic E-state index is -1.61. The average Bonchev–Trinajstić information content (AvgIpc) is 2.60. The topological polar surface area (TPSA) is 9.23 Å². The summed E-state index contributed by atoms with van der Waals surface area (Å²) in [5.41, 5.74) is 0. The zero-order valence-electron chi connectivity index (χ0n) is 15.8. The molecule has 0 saturated heterocycles. The van der Waals surface area contributed by atoms with Gasteiger partial charge in [-0.3, -0.25) is 0 Å². The van der Waals surface area contributed by atoms with E-state index in [9.17, 15) is 0 Å². The maximum Gasteiger partial charge on any atom is 0.192 e. The Bertz CT molecular complexity index is 223. The molecule has 0 aliphatic rings. The SMILES string of the molecule is CCCCO[Si](CCCCCCl)(CCCCCCl)CCCCCCl. The molecule has 0 atom stereocenters. The smallest absolute Gasteiger partial charge is 0.192 e. The lowest BCUT2D eigenvalue weighted by Gasteiger charge is -2.32. The number of rotatable bonds is 19. The van der Waals surface area contributed by atoms with Crippen molar-refractivity contribution in [3.63, 3.8) is 0 Å². The molecule has 24 heavy (non-hydrogen) atoms. The summed E-state index contributed by atoms with van der Waals surface area (Å²) in [6, 6.07) is 3.94. The molecule has 0 unspecified atom stereocenters. The largest absolute Gasteiger partial charge is 0.417 e. The molecule has 0 aromatic rings. The van der Waals surface area contributed by atoms with Crippen LogP contribution in [0.25, 0.3) is 0 Å². The highest BCUT2D eigenvalue weighted by Crippen LogP contribution is 2.31. The molecule has 0 bridgehead atoms. The van der Waals surface area contributed by atoms with Gasteiger partial charge in [-0.15, -0.1) is 34.8 Å². The van der Waals surface area contributed by atoms with Crippen molar-refractivity contribution in [2.45, 2.75) is 95.7 Å². The Balaban J connectivity index is 4.58. The van der Waals surface area contributed by atoms with Crippen LogP contribution in [0.4, 0.5) is 0 Å². The standard InChI is InChI=1S/C19H39Cl3OSi/c1-2-3-16-23-24(17-10-4-7-13-20,18-11-5-8-14-21)19-12-6-9-15-22/h2-19H2,1H3. The summed E-state index contributed by atoms with van der Waals surface area (Å²) in [5.74, 6) is 2.37. The highest BCUT2D eigenvalue weighted by molar-refractivity contribution is 6.73. The molecule has 0 aromatic carbocycles. The first-order valence-electron chi connectivity index (χ1n) is 10.1.